The average Bonchev–Trinajstić information content (AvgIpc) is 2.85. The highest BCUT2D eigenvalue weighted by atomic mass is 79.9. The van der Waals surface area contributed by atoms with Crippen molar-refractivity contribution in [1.82, 2.24) is 0 Å². The molecule has 5 nitrogen and oxygen atoms in total. The normalized spacial score (nSPS) is 10.1. The molecule has 2 N–H and O–H groups in total. The van der Waals surface area contributed by atoms with E-state index in [2.05, 4.69) is 21.2 Å². The van der Waals surface area contributed by atoms with Crippen LogP contribution in [0.3, 0.4) is 0 Å². The van der Waals surface area contributed by atoms with Crippen molar-refractivity contribution in [1.29, 1.82) is 0 Å². The summed E-state index contributed by atoms with van der Waals surface area (Å²) in [4.78, 5) is 22.3. The van der Waals surface area contributed by atoms with Gasteiger partial charge in [0.2, 0.25) is 0 Å². The highest BCUT2D eigenvalue weighted by Gasteiger charge is 2.08. The number of benzene rings is 1. The molecule has 1 aromatic carbocycles. The lowest BCUT2D eigenvalue weighted by Gasteiger charge is -2.06. The topological polar surface area (TPSA) is 75.6 Å². The summed E-state index contributed by atoms with van der Waals surface area (Å²) in [7, 11) is 0. The Balaban J connectivity index is 1.96. The van der Waals surface area contributed by atoms with E-state index in [0.717, 1.165) is 3.79 Å². The number of anilines is 1. The van der Waals surface area contributed by atoms with E-state index in [0.29, 0.717) is 17.0 Å². The second kappa shape index (κ2) is 6.53. The molecule has 1 aromatic heterocycles. The number of rotatable bonds is 5. The molecule has 104 valence electrons. The van der Waals surface area contributed by atoms with Gasteiger partial charge < -0.3 is 15.2 Å². The average molecular weight is 356 g/mol. The number of carbonyl (C=O) groups excluding carboxylic acids is 1. The third-order valence-electron chi connectivity index (χ3n) is 2.30. The van der Waals surface area contributed by atoms with E-state index in [-0.39, 0.29) is 5.91 Å². The Labute approximate surface area is 127 Å². The first-order chi connectivity index (χ1) is 9.54. The smallest absolute Gasteiger partial charge is 0.341 e. The molecule has 0 atom stereocenters. The number of carboxylic acid groups (broad SMARTS) is 1. The van der Waals surface area contributed by atoms with Gasteiger partial charge in [-0.1, -0.05) is 0 Å². The first kappa shape index (κ1) is 14.5. The van der Waals surface area contributed by atoms with E-state index in [1.807, 2.05) is 0 Å². The molecule has 20 heavy (non-hydrogen) atoms. The van der Waals surface area contributed by atoms with E-state index >= 15 is 0 Å². The minimum absolute atomic E-state index is 0.203. The van der Waals surface area contributed by atoms with Gasteiger partial charge in [0.25, 0.3) is 5.91 Å². The van der Waals surface area contributed by atoms with E-state index in [9.17, 15) is 9.59 Å². The maximum absolute atomic E-state index is 11.9. The molecule has 0 aliphatic carbocycles. The number of hydrogen-bond donors (Lipinski definition) is 2. The number of nitrogens with one attached hydrogen (secondary N) is 1. The van der Waals surface area contributed by atoms with Crippen molar-refractivity contribution in [2.45, 2.75) is 0 Å². The molecule has 0 radical (unpaired) electrons. The quantitative estimate of drug-likeness (QED) is 0.863. The molecule has 2 rings (SSSR count). The van der Waals surface area contributed by atoms with E-state index in [1.165, 1.54) is 11.3 Å². The van der Waals surface area contributed by atoms with Crippen LogP contribution < -0.4 is 10.1 Å². The molecule has 0 aliphatic heterocycles. The fourth-order valence-electron chi connectivity index (χ4n) is 1.41. The van der Waals surface area contributed by atoms with Gasteiger partial charge in [-0.05, 0) is 46.3 Å². The Morgan fingerprint density at radius 1 is 1.30 bits per heavy atom. The van der Waals surface area contributed by atoms with Gasteiger partial charge in [0.05, 0.1) is 9.35 Å². The van der Waals surface area contributed by atoms with Crippen molar-refractivity contribution in [2.75, 3.05) is 11.9 Å². The standard InChI is InChI=1S/C13H10BrNO4S/c14-11-5-8(7-20-11)13(18)15-9-1-3-10(4-2-9)19-6-12(16)17/h1-5,7H,6H2,(H,15,18)(H,16,17). The third-order valence-corrected chi connectivity index (χ3v) is 3.81. The number of aliphatic carboxylic acids is 1. The van der Waals surface area contributed by atoms with Crippen LogP contribution in [0.25, 0.3) is 0 Å². The van der Waals surface area contributed by atoms with Crippen LogP contribution in [0.4, 0.5) is 5.69 Å². The Kier molecular flexibility index (Phi) is 4.75. The number of carbonyl (C=O) groups is 2. The number of thiophene rings is 1. The highest BCUT2D eigenvalue weighted by Crippen LogP contribution is 2.22. The first-order valence-electron chi connectivity index (χ1n) is 5.54. The predicted octanol–water partition coefficient (Wildman–Crippen LogP) is 3.23. The summed E-state index contributed by atoms with van der Waals surface area (Å²) < 4.78 is 5.89. The summed E-state index contributed by atoms with van der Waals surface area (Å²) in [6, 6.07) is 8.24. The lowest BCUT2D eigenvalue weighted by atomic mass is 10.2. The first-order valence-corrected chi connectivity index (χ1v) is 7.22. The maximum atomic E-state index is 11.9. The minimum Gasteiger partial charge on any atom is -0.482 e. The molecule has 0 unspecified atom stereocenters. The lowest BCUT2D eigenvalue weighted by molar-refractivity contribution is -0.139. The summed E-state index contributed by atoms with van der Waals surface area (Å²) in [6.07, 6.45) is 0. The van der Waals surface area contributed by atoms with Crippen LogP contribution in [-0.2, 0) is 4.79 Å². The van der Waals surface area contributed by atoms with Gasteiger partial charge in [-0.2, -0.15) is 0 Å². The zero-order valence-electron chi connectivity index (χ0n) is 10.1. The van der Waals surface area contributed by atoms with Crippen molar-refractivity contribution >= 4 is 44.8 Å². The Morgan fingerprint density at radius 3 is 2.55 bits per heavy atom. The van der Waals surface area contributed by atoms with E-state index in [4.69, 9.17) is 9.84 Å². The summed E-state index contributed by atoms with van der Waals surface area (Å²) in [5.41, 5.74) is 1.19. The molecule has 0 saturated carbocycles. The zero-order chi connectivity index (χ0) is 14.5. The maximum Gasteiger partial charge on any atom is 0.341 e. The molecule has 0 spiro atoms. The second-order valence-electron chi connectivity index (χ2n) is 3.80. The van der Waals surface area contributed by atoms with Crippen molar-refractivity contribution in [3.8, 4) is 5.75 Å². The summed E-state index contributed by atoms with van der Waals surface area (Å²) in [5.74, 6) is -0.805. The Bertz CT molecular complexity index is 624. The van der Waals surface area contributed by atoms with Crippen molar-refractivity contribution in [2.24, 2.45) is 0 Å². The molecule has 1 heterocycles. The molecule has 2 aromatic rings. The van der Waals surface area contributed by atoms with Gasteiger partial charge in [0.15, 0.2) is 6.61 Å². The van der Waals surface area contributed by atoms with Crippen LogP contribution in [0, 0.1) is 0 Å². The molecule has 0 aliphatic rings. The molecule has 7 heteroatoms. The minimum atomic E-state index is -1.04. The SMILES string of the molecule is O=C(O)COc1ccc(NC(=O)c2csc(Br)c2)cc1. The van der Waals surface area contributed by atoms with Crippen molar-refractivity contribution in [3.05, 3.63) is 45.1 Å². The van der Waals surface area contributed by atoms with Gasteiger partial charge >= 0.3 is 5.97 Å². The van der Waals surface area contributed by atoms with Gasteiger partial charge in [0.1, 0.15) is 5.75 Å². The highest BCUT2D eigenvalue weighted by molar-refractivity contribution is 9.11. The predicted molar refractivity (Wildman–Crippen MR) is 79.5 cm³/mol. The van der Waals surface area contributed by atoms with Crippen LogP contribution in [0.15, 0.2) is 39.5 Å². The largest absolute Gasteiger partial charge is 0.482 e. The van der Waals surface area contributed by atoms with Crippen LogP contribution in [-0.4, -0.2) is 23.6 Å². The van der Waals surface area contributed by atoms with Crippen LogP contribution in [0.5, 0.6) is 5.75 Å². The Morgan fingerprint density at radius 2 is 2.00 bits per heavy atom. The van der Waals surface area contributed by atoms with Gasteiger partial charge in [0, 0.05) is 11.1 Å². The molecular formula is C13H10BrNO4S. The van der Waals surface area contributed by atoms with Crippen molar-refractivity contribution < 1.29 is 19.4 Å². The lowest BCUT2D eigenvalue weighted by Crippen LogP contribution is -2.11. The monoisotopic (exact) mass is 355 g/mol. The van der Waals surface area contributed by atoms with Crippen LogP contribution >= 0.6 is 27.3 Å². The third kappa shape index (κ3) is 4.07. The molecule has 0 saturated heterocycles. The fourth-order valence-corrected chi connectivity index (χ4v) is 2.55. The van der Waals surface area contributed by atoms with E-state index < -0.39 is 12.6 Å². The molecule has 1 amide bonds. The number of hydrogen-bond acceptors (Lipinski definition) is 4. The van der Waals surface area contributed by atoms with Crippen molar-refractivity contribution in [3.63, 3.8) is 0 Å². The number of ether oxygens (including phenoxy) is 1. The summed E-state index contributed by atoms with van der Waals surface area (Å²) in [6.45, 7) is -0.394. The zero-order valence-corrected chi connectivity index (χ0v) is 12.5. The number of carboxylic acids is 1. The van der Waals surface area contributed by atoms with Gasteiger partial charge in [-0.15, -0.1) is 11.3 Å². The van der Waals surface area contributed by atoms with Crippen LogP contribution in [0.1, 0.15) is 10.4 Å². The van der Waals surface area contributed by atoms with Crippen LogP contribution in [0.2, 0.25) is 0 Å². The second-order valence-corrected chi connectivity index (χ2v) is 6.09. The number of halogens is 1. The fraction of sp³-hybridized carbons (Fsp3) is 0.0769. The number of amides is 1. The summed E-state index contributed by atoms with van der Waals surface area (Å²) in [5, 5.41) is 13.0. The summed E-state index contributed by atoms with van der Waals surface area (Å²) >= 11 is 4.73. The Hall–Kier alpha value is -1.86. The molecule has 0 fully saturated rings. The van der Waals surface area contributed by atoms with E-state index in [1.54, 1.807) is 35.7 Å². The van der Waals surface area contributed by atoms with Gasteiger partial charge in [-0.25, -0.2) is 4.79 Å². The van der Waals surface area contributed by atoms with Gasteiger partial charge in [-0.3, -0.25) is 4.79 Å². The molecular weight excluding hydrogens is 346 g/mol. The molecule has 0 bridgehead atoms.